The third-order valence-electron chi connectivity index (χ3n) is 2.95. The standard InChI is InChI=1S/C13H13BrN2O3/c1-8-11(14)12(17)15(2)13(18)16(8)9-4-6-10(19-3)7-5-9/h4-7H,1-3H3. The molecule has 0 aliphatic heterocycles. The van der Waals surface area contributed by atoms with E-state index in [0.29, 0.717) is 21.6 Å². The van der Waals surface area contributed by atoms with E-state index < -0.39 is 0 Å². The maximum absolute atomic E-state index is 12.2. The minimum atomic E-state index is -0.379. The average molecular weight is 325 g/mol. The summed E-state index contributed by atoms with van der Waals surface area (Å²) in [5.74, 6) is 0.707. The molecule has 100 valence electrons. The summed E-state index contributed by atoms with van der Waals surface area (Å²) in [7, 11) is 3.03. The van der Waals surface area contributed by atoms with Crippen LogP contribution in [-0.4, -0.2) is 16.2 Å². The number of halogens is 1. The fourth-order valence-corrected chi connectivity index (χ4v) is 2.26. The van der Waals surface area contributed by atoms with Crippen molar-refractivity contribution >= 4 is 15.9 Å². The Kier molecular flexibility index (Phi) is 3.61. The minimum absolute atomic E-state index is 0.340. The Hall–Kier alpha value is -1.82. The fourth-order valence-electron chi connectivity index (χ4n) is 1.82. The predicted octanol–water partition coefficient (Wildman–Crippen LogP) is 1.62. The van der Waals surface area contributed by atoms with Crippen molar-refractivity contribution in [2.45, 2.75) is 6.92 Å². The summed E-state index contributed by atoms with van der Waals surface area (Å²) in [6, 6.07) is 7.06. The molecule has 6 heteroatoms. The van der Waals surface area contributed by atoms with Gasteiger partial charge in [-0.1, -0.05) is 0 Å². The molecule has 0 spiro atoms. The molecule has 0 saturated heterocycles. The van der Waals surface area contributed by atoms with Gasteiger partial charge in [0.1, 0.15) is 10.2 Å². The lowest BCUT2D eigenvalue weighted by molar-refractivity contribution is 0.414. The summed E-state index contributed by atoms with van der Waals surface area (Å²) >= 11 is 3.22. The van der Waals surface area contributed by atoms with E-state index in [0.717, 1.165) is 4.57 Å². The Bertz CT molecular complexity index is 729. The first-order chi connectivity index (χ1) is 8.97. The number of methoxy groups -OCH3 is 1. The van der Waals surface area contributed by atoms with Crippen LogP contribution in [0.2, 0.25) is 0 Å². The van der Waals surface area contributed by atoms with Gasteiger partial charge < -0.3 is 4.74 Å². The SMILES string of the molecule is COc1ccc(-n2c(C)c(Br)c(=O)n(C)c2=O)cc1. The van der Waals surface area contributed by atoms with Crippen LogP contribution in [0.25, 0.3) is 5.69 Å². The monoisotopic (exact) mass is 324 g/mol. The Morgan fingerprint density at radius 3 is 2.26 bits per heavy atom. The van der Waals surface area contributed by atoms with E-state index in [1.807, 2.05) is 0 Å². The molecule has 0 aliphatic rings. The number of ether oxygens (including phenoxy) is 1. The van der Waals surface area contributed by atoms with Gasteiger partial charge in [0.05, 0.1) is 12.8 Å². The first-order valence-electron chi connectivity index (χ1n) is 5.60. The molecule has 0 aliphatic carbocycles. The van der Waals surface area contributed by atoms with Crippen LogP contribution < -0.4 is 16.0 Å². The Morgan fingerprint density at radius 1 is 1.16 bits per heavy atom. The Balaban J connectivity index is 2.75. The van der Waals surface area contributed by atoms with E-state index >= 15 is 0 Å². The second kappa shape index (κ2) is 5.05. The number of aromatic nitrogens is 2. The van der Waals surface area contributed by atoms with Crippen LogP contribution >= 0.6 is 15.9 Å². The largest absolute Gasteiger partial charge is 0.497 e. The zero-order valence-corrected chi connectivity index (χ0v) is 12.4. The number of rotatable bonds is 2. The van der Waals surface area contributed by atoms with Gasteiger partial charge in [-0.2, -0.15) is 0 Å². The minimum Gasteiger partial charge on any atom is -0.497 e. The summed E-state index contributed by atoms with van der Waals surface area (Å²) < 4.78 is 8.01. The lowest BCUT2D eigenvalue weighted by Gasteiger charge is -2.13. The normalized spacial score (nSPS) is 10.5. The Labute approximate surface area is 118 Å². The smallest absolute Gasteiger partial charge is 0.335 e. The van der Waals surface area contributed by atoms with Gasteiger partial charge in [0.15, 0.2) is 0 Å². The van der Waals surface area contributed by atoms with Crippen molar-refractivity contribution in [1.82, 2.24) is 9.13 Å². The molecular formula is C13H13BrN2O3. The summed E-state index contributed by atoms with van der Waals surface area (Å²) in [4.78, 5) is 24.0. The third-order valence-corrected chi connectivity index (χ3v) is 3.87. The summed E-state index contributed by atoms with van der Waals surface area (Å²) in [5.41, 5.74) is 0.529. The number of hydrogen-bond acceptors (Lipinski definition) is 3. The van der Waals surface area contributed by atoms with Crippen molar-refractivity contribution in [2.24, 2.45) is 7.05 Å². The van der Waals surface area contributed by atoms with Gasteiger partial charge in [-0.25, -0.2) is 4.79 Å². The topological polar surface area (TPSA) is 53.2 Å². The highest BCUT2D eigenvalue weighted by Crippen LogP contribution is 2.17. The van der Waals surface area contributed by atoms with E-state index in [-0.39, 0.29) is 11.2 Å². The second-order valence-electron chi connectivity index (χ2n) is 4.08. The molecule has 1 aromatic heterocycles. The van der Waals surface area contributed by atoms with Gasteiger partial charge in [-0.15, -0.1) is 0 Å². The zero-order chi connectivity index (χ0) is 14.2. The summed E-state index contributed by atoms with van der Waals surface area (Å²) in [5, 5.41) is 0. The van der Waals surface area contributed by atoms with Crippen LogP contribution in [0.15, 0.2) is 38.3 Å². The average Bonchev–Trinajstić information content (AvgIpc) is 2.44. The van der Waals surface area contributed by atoms with Crippen LogP contribution in [0, 0.1) is 6.92 Å². The van der Waals surface area contributed by atoms with Crippen molar-refractivity contribution in [3.8, 4) is 11.4 Å². The van der Waals surface area contributed by atoms with Crippen molar-refractivity contribution in [1.29, 1.82) is 0 Å². The van der Waals surface area contributed by atoms with E-state index in [1.165, 1.54) is 11.6 Å². The fraction of sp³-hybridized carbons (Fsp3) is 0.231. The molecule has 0 unspecified atom stereocenters. The van der Waals surface area contributed by atoms with E-state index in [9.17, 15) is 9.59 Å². The highest BCUT2D eigenvalue weighted by molar-refractivity contribution is 9.10. The van der Waals surface area contributed by atoms with Crippen LogP contribution in [0.4, 0.5) is 0 Å². The van der Waals surface area contributed by atoms with Crippen molar-refractivity contribution in [3.63, 3.8) is 0 Å². The zero-order valence-electron chi connectivity index (χ0n) is 10.8. The molecule has 0 fully saturated rings. The molecule has 1 aromatic carbocycles. The lowest BCUT2D eigenvalue weighted by Crippen LogP contribution is -2.39. The van der Waals surface area contributed by atoms with Crippen molar-refractivity contribution in [3.05, 3.63) is 55.3 Å². The molecule has 0 N–H and O–H groups in total. The highest BCUT2D eigenvalue weighted by atomic mass is 79.9. The van der Waals surface area contributed by atoms with Gasteiger partial charge in [-0.05, 0) is 47.1 Å². The number of hydrogen-bond donors (Lipinski definition) is 0. The van der Waals surface area contributed by atoms with Crippen molar-refractivity contribution < 1.29 is 4.74 Å². The Morgan fingerprint density at radius 2 is 1.74 bits per heavy atom. The first-order valence-corrected chi connectivity index (χ1v) is 6.39. The summed E-state index contributed by atoms with van der Waals surface area (Å²) in [6.45, 7) is 1.72. The molecule has 0 amide bonds. The van der Waals surface area contributed by atoms with Gasteiger partial charge in [0, 0.05) is 12.7 Å². The molecular weight excluding hydrogens is 312 g/mol. The predicted molar refractivity (Wildman–Crippen MR) is 76.3 cm³/mol. The van der Waals surface area contributed by atoms with Crippen LogP contribution in [-0.2, 0) is 7.05 Å². The van der Waals surface area contributed by atoms with Gasteiger partial charge in [0.25, 0.3) is 5.56 Å². The molecule has 2 rings (SSSR count). The molecule has 0 radical (unpaired) electrons. The molecule has 0 bridgehead atoms. The molecule has 0 atom stereocenters. The quantitative estimate of drug-likeness (QED) is 0.843. The number of benzene rings is 1. The van der Waals surface area contributed by atoms with E-state index in [2.05, 4.69) is 15.9 Å². The molecule has 0 saturated carbocycles. The highest BCUT2D eigenvalue weighted by Gasteiger charge is 2.13. The molecule has 19 heavy (non-hydrogen) atoms. The van der Waals surface area contributed by atoms with Crippen LogP contribution in [0.5, 0.6) is 5.75 Å². The van der Waals surface area contributed by atoms with Gasteiger partial charge >= 0.3 is 5.69 Å². The molecule has 2 aromatic rings. The van der Waals surface area contributed by atoms with Crippen LogP contribution in [0.1, 0.15) is 5.69 Å². The summed E-state index contributed by atoms with van der Waals surface area (Å²) in [6.07, 6.45) is 0. The maximum atomic E-state index is 12.2. The second-order valence-corrected chi connectivity index (χ2v) is 4.87. The maximum Gasteiger partial charge on any atom is 0.335 e. The lowest BCUT2D eigenvalue weighted by atomic mass is 10.3. The van der Waals surface area contributed by atoms with E-state index in [4.69, 9.17) is 4.74 Å². The third kappa shape index (κ3) is 2.23. The molecule has 5 nitrogen and oxygen atoms in total. The first kappa shape index (κ1) is 13.6. The molecule has 1 heterocycles. The van der Waals surface area contributed by atoms with Crippen molar-refractivity contribution in [2.75, 3.05) is 7.11 Å². The van der Waals surface area contributed by atoms with Gasteiger partial charge in [0.2, 0.25) is 0 Å². The van der Waals surface area contributed by atoms with Gasteiger partial charge in [-0.3, -0.25) is 13.9 Å². The number of nitrogens with zero attached hydrogens (tertiary/aromatic N) is 2. The van der Waals surface area contributed by atoms with E-state index in [1.54, 1.807) is 38.3 Å². The van der Waals surface area contributed by atoms with Crippen LogP contribution in [0.3, 0.4) is 0 Å².